The molecule has 1 atom stereocenters. The second-order valence-electron chi connectivity index (χ2n) is 7.08. The molecule has 0 spiro atoms. The van der Waals surface area contributed by atoms with Crippen molar-refractivity contribution in [3.63, 3.8) is 0 Å². The van der Waals surface area contributed by atoms with E-state index >= 15 is 0 Å². The summed E-state index contributed by atoms with van der Waals surface area (Å²) < 4.78 is 0. The highest BCUT2D eigenvalue weighted by Crippen LogP contribution is 2.20. The summed E-state index contributed by atoms with van der Waals surface area (Å²) in [5, 5.41) is 2.89. The standard InChI is InChI=1S/C19H28N4O2/c20-19(25)15-5-7-16(8-6-15)21-18(24)9-13-22-10-3-4-17(14-22)23-11-1-2-12-23/h5-8,17H,1-4,9-14H2,(H2,20,25)(H,21,24)/t17-/m1/s1. The molecule has 2 aliphatic heterocycles. The predicted octanol–water partition coefficient (Wildman–Crippen LogP) is 1.67. The van der Waals surface area contributed by atoms with E-state index in [0.29, 0.717) is 23.7 Å². The first kappa shape index (κ1) is 17.9. The number of benzene rings is 1. The second-order valence-corrected chi connectivity index (χ2v) is 7.08. The van der Waals surface area contributed by atoms with Crippen molar-refractivity contribution in [1.29, 1.82) is 0 Å². The van der Waals surface area contributed by atoms with Gasteiger partial charge in [-0.05, 0) is 69.6 Å². The van der Waals surface area contributed by atoms with Gasteiger partial charge in [0, 0.05) is 36.8 Å². The molecule has 0 saturated carbocycles. The van der Waals surface area contributed by atoms with E-state index in [0.717, 1.165) is 19.6 Å². The van der Waals surface area contributed by atoms with Gasteiger partial charge in [0.25, 0.3) is 0 Å². The van der Waals surface area contributed by atoms with Crippen molar-refractivity contribution in [3.8, 4) is 0 Å². The number of rotatable bonds is 6. The number of nitrogens with one attached hydrogen (secondary N) is 1. The van der Waals surface area contributed by atoms with E-state index in [-0.39, 0.29) is 5.91 Å². The quantitative estimate of drug-likeness (QED) is 0.823. The van der Waals surface area contributed by atoms with Crippen LogP contribution in [0.15, 0.2) is 24.3 Å². The summed E-state index contributed by atoms with van der Waals surface area (Å²) in [5.41, 5.74) is 6.36. The van der Waals surface area contributed by atoms with Gasteiger partial charge in [-0.1, -0.05) is 0 Å². The molecule has 2 aliphatic rings. The number of hydrogen-bond acceptors (Lipinski definition) is 4. The van der Waals surface area contributed by atoms with Gasteiger partial charge in [-0.3, -0.25) is 14.5 Å². The summed E-state index contributed by atoms with van der Waals surface area (Å²) in [7, 11) is 0. The second kappa shape index (κ2) is 8.45. The number of hydrogen-bond donors (Lipinski definition) is 2. The largest absolute Gasteiger partial charge is 0.366 e. The van der Waals surface area contributed by atoms with Crippen molar-refractivity contribution < 1.29 is 9.59 Å². The Bertz CT molecular complexity index is 596. The number of piperidine rings is 1. The van der Waals surface area contributed by atoms with Crippen LogP contribution in [0.5, 0.6) is 0 Å². The molecule has 0 aromatic heterocycles. The van der Waals surface area contributed by atoms with Crippen LogP contribution in [0, 0.1) is 0 Å². The number of nitrogens with zero attached hydrogens (tertiary/aromatic N) is 2. The third kappa shape index (κ3) is 5.03. The van der Waals surface area contributed by atoms with Crippen LogP contribution in [-0.4, -0.2) is 60.4 Å². The van der Waals surface area contributed by atoms with Crippen LogP contribution < -0.4 is 11.1 Å². The number of carbonyl (C=O) groups is 2. The maximum atomic E-state index is 12.2. The summed E-state index contributed by atoms with van der Waals surface area (Å²) in [6.07, 6.45) is 5.65. The molecular formula is C19H28N4O2. The highest BCUT2D eigenvalue weighted by atomic mass is 16.2. The monoisotopic (exact) mass is 344 g/mol. The van der Waals surface area contributed by atoms with E-state index in [1.54, 1.807) is 24.3 Å². The average molecular weight is 344 g/mol. The van der Waals surface area contributed by atoms with Crippen LogP contribution in [0.4, 0.5) is 5.69 Å². The van der Waals surface area contributed by atoms with Gasteiger partial charge >= 0.3 is 0 Å². The molecule has 0 radical (unpaired) electrons. The normalized spacial score (nSPS) is 22.0. The lowest BCUT2D eigenvalue weighted by Gasteiger charge is -2.37. The molecule has 3 rings (SSSR count). The highest BCUT2D eigenvalue weighted by molar-refractivity contribution is 5.94. The summed E-state index contributed by atoms with van der Waals surface area (Å²) in [6, 6.07) is 7.34. The van der Waals surface area contributed by atoms with Crippen LogP contribution in [0.2, 0.25) is 0 Å². The molecule has 2 amide bonds. The minimum Gasteiger partial charge on any atom is -0.366 e. The van der Waals surface area contributed by atoms with Crippen molar-refractivity contribution in [2.75, 3.05) is 38.0 Å². The molecule has 25 heavy (non-hydrogen) atoms. The number of carbonyl (C=O) groups excluding carboxylic acids is 2. The van der Waals surface area contributed by atoms with Gasteiger partial charge in [0.1, 0.15) is 0 Å². The van der Waals surface area contributed by atoms with Gasteiger partial charge in [-0.15, -0.1) is 0 Å². The fourth-order valence-corrected chi connectivity index (χ4v) is 3.84. The molecule has 1 aromatic rings. The lowest BCUT2D eigenvalue weighted by molar-refractivity contribution is -0.116. The molecule has 2 fully saturated rings. The maximum absolute atomic E-state index is 12.2. The van der Waals surface area contributed by atoms with E-state index in [9.17, 15) is 9.59 Å². The van der Waals surface area contributed by atoms with Gasteiger partial charge in [-0.25, -0.2) is 0 Å². The van der Waals surface area contributed by atoms with E-state index in [1.807, 2.05) is 0 Å². The Morgan fingerprint density at radius 3 is 2.48 bits per heavy atom. The third-order valence-corrected chi connectivity index (χ3v) is 5.25. The van der Waals surface area contributed by atoms with Crippen molar-refractivity contribution >= 4 is 17.5 Å². The predicted molar refractivity (Wildman–Crippen MR) is 98.5 cm³/mol. The van der Waals surface area contributed by atoms with Crippen molar-refractivity contribution in [3.05, 3.63) is 29.8 Å². The topological polar surface area (TPSA) is 78.7 Å². The van der Waals surface area contributed by atoms with E-state index < -0.39 is 5.91 Å². The van der Waals surface area contributed by atoms with Gasteiger partial charge < -0.3 is 16.0 Å². The molecule has 1 aromatic carbocycles. The van der Waals surface area contributed by atoms with Crippen LogP contribution >= 0.6 is 0 Å². The van der Waals surface area contributed by atoms with Gasteiger partial charge in [0.05, 0.1) is 0 Å². The SMILES string of the molecule is NC(=O)c1ccc(NC(=O)CCN2CCC[C@@H](N3CCCC3)C2)cc1. The Kier molecular flexibility index (Phi) is 6.04. The molecular weight excluding hydrogens is 316 g/mol. The number of anilines is 1. The van der Waals surface area contributed by atoms with Crippen molar-refractivity contribution in [2.24, 2.45) is 5.73 Å². The molecule has 2 saturated heterocycles. The lowest BCUT2D eigenvalue weighted by atomic mass is 10.0. The summed E-state index contributed by atoms with van der Waals surface area (Å²) in [6.45, 7) is 5.45. The minimum absolute atomic E-state index is 0.00937. The smallest absolute Gasteiger partial charge is 0.248 e. The molecule has 0 bridgehead atoms. The van der Waals surface area contributed by atoms with Crippen LogP contribution in [0.3, 0.4) is 0 Å². The van der Waals surface area contributed by atoms with Gasteiger partial charge in [-0.2, -0.15) is 0 Å². The van der Waals surface area contributed by atoms with Crippen LogP contribution in [-0.2, 0) is 4.79 Å². The molecule has 6 heteroatoms. The Morgan fingerprint density at radius 1 is 1.08 bits per heavy atom. The van der Waals surface area contributed by atoms with Crippen molar-refractivity contribution in [2.45, 2.75) is 38.1 Å². The van der Waals surface area contributed by atoms with E-state index in [4.69, 9.17) is 5.73 Å². The first-order valence-electron chi connectivity index (χ1n) is 9.28. The maximum Gasteiger partial charge on any atom is 0.248 e. The molecule has 3 N–H and O–H groups in total. The van der Waals surface area contributed by atoms with Crippen LogP contribution in [0.25, 0.3) is 0 Å². The Labute approximate surface area is 149 Å². The molecule has 2 heterocycles. The van der Waals surface area contributed by atoms with Crippen molar-refractivity contribution in [1.82, 2.24) is 9.80 Å². The zero-order valence-electron chi connectivity index (χ0n) is 14.7. The first-order valence-corrected chi connectivity index (χ1v) is 9.28. The molecule has 0 aliphatic carbocycles. The van der Waals surface area contributed by atoms with Crippen LogP contribution in [0.1, 0.15) is 42.5 Å². The summed E-state index contributed by atoms with van der Waals surface area (Å²) in [4.78, 5) is 28.3. The van der Waals surface area contributed by atoms with E-state index in [1.165, 1.54) is 38.8 Å². The Morgan fingerprint density at radius 2 is 1.80 bits per heavy atom. The molecule has 0 unspecified atom stereocenters. The number of likely N-dealkylation sites (tertiary alicyclic amines) is 2. The minimum atomic E-state index is -0.462. The Hall–Kier alpha value is -1.92. The summed E-state index contributed by atoms with van der Waals surface area (Å²) in [5.74, 6) is -0.453. The Balaban J connectivity index is 1.42. The molecule has 136 valence electrons. The average Bonchev–Trinajstić information content (AvgIpc) is 3.15. The third-order valence-electron chi connectivity index (χ3n) is 5.25. The zero-order valence-corrected chi connectivity index (χ0v) is 14.7. The fourth-order valence-electron chi connectivity index (χ4n) is 3.84. The highest BCUT2D eigenvalue weighted by Gasteiger charge is 2.27. The summed E-state index contributed by atoms with van der Waals surface area (Å²) >= 11 is 0. The number of primary amides is 1. The zero-order chi connectivity index (χ0) is 17.6. The van der Waals surface area contributed by atoms with E-state index in [2.05, 4.69) is 15.1 Å². The lowest BCUT2D eigenvalue weighted by Crippen LogP contribution is -2.47. The van der Waals surface area contributed by atoms with Gasteiger partial charge in [0.15, 0.2) is 0 Å². The van der Waals surface area contributed by atoms with Gasteiger partial charge in [0.2, 0.25) is 11.8 Å². The number of nitrogens with two attached hydrogens (primary N) is 1. The number of amides is 2. The first-order chi connectivity index (χ1) is 12.1. The fraction of sp³-hybridized carbons (Fsp3) is 0.579. The molecule has 6 nitrogen and oxygen atoms in total.